The maximum atomic E-state index is 14.0. The van der Waals surface area contributed by atoms with E-state index in [2.05, 4.69) is 104 Å². The van der Waals surface area contributed by atoms with E-state index in [0.717, 1.165) is 88.6 Å². The van der Waals surface area contributed by atoms with Crippen LogP contribution in [0.4, 0.5) is 0 Å². The van der Waals surface area contributed by atoms with Crippen molar-refractivity contribution in [2.75, 3.05) is 26.2 Å². The van der Waals surface area contributed by atoms with Crippen molar-refractivity contribution in [2.24, 2.45) is 0 Å². The second kappa shape index (κ2) is 16.0. The Morgan fingerprint density at radius 1 is 0.886 bits per heavy atom. The molecule has 0 bridgehead atoms. The van der Waals surface area contributed by atoms with Gasteiger partial charge >= 0.3 is 0 Å². The van der Waals surface area contributed by atoms with Crippen molar-refractivity contribution in [3.63, 3.8) is 0 Å². The SMILES string of the molecule is CCCCN(CCCC)C(=O)C(C)(C)c1ccc2[nH]c(-c3cc(C)cc(C)c3)c(CCNCCCCc3cccnc3)c2c1. The van der Waals surface area contributed by atoms with Crippen LogP contribution in [0.2, 0.25) is 0 Å². The fourth-order valence-corrected chi connectivity index (χ4v) is 6.26. The highest BCUT2D eigenvalue weighted by molar-refractivity contribution is 5.94. The molecule has 2 heterocycles. The van der Waals surface area contributed by atoms with Crippen molar-refractivity contribution >= 4 is 16.8 Å². The Morgan fingerprint density at radius 3 is 2.27 bits per heavy atom. The van der Waals surface area contributed by atoms with Crippen LogP contribution in [-0.2, 0) is 23.1 Å². The Balaban J connectivity index is 1.57. The maximum Gasteiger partial charge on any atom is 0.232 e. The number of carbonyl (C=O) groups excluding carboxylic acids is 1. The molecule has 4 rings (SSSR count). The first-order valence-electron chi connectivity index (χ1n) is 16.9. The smallest absolute Gasteiger partial charge is 0.232 e. The Bertz CT molecular complexity index is 1460. The molecule has 0 saturated heterocycles. The summed E-state index contributed by atoms with van der Waals surface area (Å²) in [6.07, 6.45) is 12.4. The van der Waals surface area contributed by atoms with Crippen LogP contribution < -0.4 is 5.32 Å². The number of fused-ring (bicyclic) bond motifs is 1. The van der Waals surface area contributed by atoms with Gasteiger partial charge in [-0.25, -0.2) is 0 Å². The van der Waals surface area contributed by atoms with Gasteiger partial charge in [-0.15, -0.1) is 0 Å². The van der Waals surface area contributed by atoms with Crippen LogP contribution in [0, 0.1) is 13.8 Å². The second-order valence-corrected chi connectivity index (χ2v) is 13.1. The first-order chi connectivity index (χ1) is 21.2. The quantitative estimate of drug-likeness (QED) is 0.120. The number of pyridine rings is 1. The number of rotatable bonds is 17. The fraction of sp³-hybridized carbons (Fsp3) is 0.487. The standard InChI is InChI=1S/C39H54N4O/c1-7-9-22-43(23-10-8-2)38(44)39(5,6)33-16-17-36-35(27-33)34(37(42-36)32-25-29(3)24-30(4)26-32)18-21-40-19-12-11-14-31-15-13-20-41-28-31/h13,15-17,20,24-28,40,42H,7-12,14,18-19,21-23H2,1-6H3. The molecule has 2 aromatic carbocycles. The fourth-order valence-electron chi connectivity index (χ4n) is 6.26. The monoisotopic (exact) mass is 594 g/mol. The molecule has 236 valence electrons. The molecule has 44 heavy (non-hydrogen) atoms. The zero-order chi connectivity index (χ0) is 31.5. The van der Waals surface area contributed by atoms with Crippen molar-refractivity contribution in [1.29, 1.82) is 0 Å². The molecule has 4 aromatic rings. The summed E-state index contributed by atoms with van der Waals surface area (Å²) in [4.78, 5) is 24.1. The predicted molar refractivity (Wildman–Crippen MR) is 186 cm³/mol. The summed E-state index contributed by atoms with van der Waals surface area (Å²) >= 11 is 0. The predicted octanol–water partition coefficient (Wildman–Crippen LogP) is 8.71. The van der Waals surface area contributed by atoms with E-state index in [0.29, 0.717) is 0 Å². The molecule has 0 aliphatic carbocycles. The normalized spacial score (nSPS) is 11.8. The van der Waals surface area contributed by atoms with Crippen molar-refractivity contribution in [1.82, 2.24) is 20.2 Å². The highest BCUT2D eigenvalue weighted by atomic mass is 16.2. The molecule has 2 aromatic heterocycles. The van der Waals surface area contributed by atoms with Gasteiger partial charge in [-0.2, -0.15) is 0 Å². The molecule has 5 nitrogen and oxygen atoms in total. The Labute approximate surface area is 265 Å². The Hall–Kier alpha value is -3.44. The van der Waals surface area contributed by atoms with Gasteiger partial charge in [0.1, 0.15) is 0 Å². The van der Waals surface area contributed by atoms with Gasteiger partial charge in [0.25, 0.3) is 0 Å². The van der Waals surface area contributed by atoms with Crippen LogP contribution in [0.3, 0.4) is 0 Å². The summed E-state index contributed by atoms with van der Waals surface area (Å²) in [7, 11) is 0. The van der Waals surface area contributed by atoms with E-state index < -0.39 is 5.41 Å². The zero-order valence-electron chi connectivity index (χ0n) is 28.1. The third kappa shape index (κ3) is 8.59. The van der Waals surface area contributed by atoms with Crippen LogP contribution in [-0.4, -0.2) is 47.0 Å². The van der Waals surface area contributed by atoms with Gasteiger partial charge < -0.3 is 15.2 Å². The number of nitrogens with one attached hydrogen (secondary N) is 2. The molecule has 0 saturated carbocycles. The van der Waals surface area contributed by atoms with Crippen LogP contribution in [0.15, 0.2) is 60.9 Å². The number of hydrogen-bond acceptors (Lipinski definition) is 3. The number of unbranched alkanes of at least 4 members (excludes halogenated alkanes) is 3. The molecule has 0 aliphatic rings. The molecule has 0 radical (unpaired) electrons. The molecular formula is C39H54N4O. The van der Waals surface area contributed by atoms with Gasteiger partial charge in [0.05, 0.1) is 5.41 Å². The minimum atomic E-state index is -0.600. The van der Waals surface area contributed by atoms with Gasteiger partial charge in [-0.3, -0.25) is 9.78 Å². The van der Waals surface area contributed by atoms with E-state index in [1.807, 2.05) is 18.5 Å². The lowest BCUT2D eigenvalue weighted by Crippen LogP contribution is -2.44. The number of carbonyl (C=O) groups is 1. The van der Waals surface area contributed by atoms with Crippen LogP contribution in [0.25, 0.3) is 22.2 Å². The lowest BCUT2D eigenvalue weighted by atomic mass is 9.82. The number of aromatic nitrogens is 2. The molecular weight excluding hydrogens is 540 g/mol. The number of nitrogens with zero attached hydrogens (tertiary/aromatic N) is 2. The van der Waals surface area contributed by atoms with Crippen LogP contribution in [0.5, 0.6) is 0 Å². The van der Waals surface area contributed by atoms with Crippen molar-refractivity contribution in [3.05, 3.63) is 88.7 Å². The van der Waals surface area contributed by atoms with Gasteiger partial charge in [0, 0.05) is 42.1 Å². The molecule has 2 N–H and O–H groups in total. The summed E-state index contributed by atoms with van der Waals surface area (Å²) in [6.45, 7) is 16.5. The maximum absolute atomic E-state index is 14.0. The molecule has 0 fully saturated rings. The van der Waals surface area contributed by atoms with Gasteiger partial charge in [0.2, 0.25) is 5.91 Å². The van der Waals surface area contributed by atoms with E-state index in [-0.39, 0.29) is 5.91 Å². The molecule has 0 unspecified atom stereocenters. The van der Waals surface area contributed by atoms with Gasteiger partial charge in [-0.05, 0) is 132 Å². The molecule has 0 atom stereocenters. The molecule has 5 heteroatoms. The molecule has 1 amide bonds. The van der Waals surface area contributed by atoms with Crippen molar-refractivity contribution in [3.8, 4) is 11.3 Å². The number of hydrogen-bond donors (Lipinski definition) is 2. The molecule has 0 spiro atoms. The number of aryl methyl sites for hydroxylation is 3. The molecule has 0 aliphatic heterocycles. The topological polar surface area (TPSA) is 61.0 Å². The number of aromatic amines is 1. The first-order valence-corrected chi connectivity index (χ1v) is 16.9. The summed E-state index contributed by atoms with van der Waals surface area (Å²) in [5.41, 5.74) is 9.20. The minimum absolute atomic E-state index is 0.235. The van der Waals surface area contributed by atoms with Crippen LogP contribution >= 0.6 is 0 Å². The van der Waals surface area contributed by atoms with E-state index in [1.54, 1.807) is 0 Å². The number of benzene rings is 2. The highest BCUT2D eigenvalue weighted by Crippen LogP contribution is 2.35. The first kappa shape index (κ1) is 33.5. The van der Waals surface area contributed by atoms with E-state index in [1.165, 1.54) is 38.9 Å². The van der Waals surface area contributed by atoms with E-state index >= 15 is 0 Å². The van der Waals surface area contributed by atoms with E-state index in [4.69, 9.17) is 0 Å². The Kier molecular flexibility index (Phi) is 12.2. The minimum Gasteiger partial charge on any atom is -0.354 e. The lowest BCUT2D eigenvalue weighted by Gasteiger charge is -2.32. The van der Waals surface area contributed by atoms with Gasteiger partial charge in [0.15, 0.2) is 0 Å². The van der Waals surface area contributed by atoms with Crippen molar-refractivity contribution < 1.29 is 4.79 Å². The summed E-state index contributed by atoms with van der Waals surface area (Å²) in [5.74, 6) is 0.235. The zero-order valence-corrected chi connectivity index (χ0v) is 28.1. The average molecular weight is 595 g/mol. The largest absolute Gasteiger partial charge is 0.354 e. The summed E-state index contributed by atoms with van der Waals surface area (Å²) in [6, 6.07) is 17.6. The summed E-state index contributed by atoms with van der Waals surface area (Å²) in [5, 5.41) is 4.93. The van der Waals surface area contributed by atoms with Crippen molar-refractivity contribution in [2.45, 2.75) is 98.3 Å². The average Bonchev–Trinajstić information content (AvgIpc) is 3.38. The van der Waals surface area contributed by atoms with Crippen LogP contribution in [0.1, 0.15) is 94.0 Å². The number of H-pyrrole nitrogens is 1. The lowest BCUT2D eigenvalue weighted by molar-refractivity contribution is -0.136. The Morgan fingerprint density at radius 2 is 1.61 bits per heavy atom. The van der Waals surface area contributed by atoms with E-state index in [9.17, 15) is 4.79 Å². The van der Waals surface area contributed by atoms with Gasteiger partial charge in [-0.1, -0.05) is 56.0 Å². The number of amides is 1. The second-order valence-electron chi connectivity index (χ2n) is 13.1. The highest BCUT2D eigenvalue weighted by Gasteiger charge is 2.34. The summed E-state index contributed by atoms with van der Waals surface area (Å²) < 4.78 is 0. The third-order valence-corrected chi connectivity index (χ3v) is 8.87. The third-order valence-electron chi connectivity index (χ3n) is 8.87.